The van der Waals surface area contributed by atoms with Crippen LogP contribution in [0.4, 0.5) is 0 Å². The summed E-state index contributed by atoms with van der Waals surface area (Å²) in [6, 6.07) is 3.90. The van der Waals surface area contributed by atoms with E-state index < -0.39 is 0 Å². The van der Waals surface area contributed by atoms with E-state index in [9.17, 15) is 0 Å². The van der Waals surface area contributed by atoms with Gasteiger partial charge in [0.15, 0.2) is 0 Å². The smallest absolute Gasteiger partial charge is 0.141 e. The lowest BCUT2D eigenvalue weighted by molar-refractivity contribution is 0.404. The van der Waals surface area contributed by atoms with Crippen LogP contribution in [-0.2, 0) is 5.41 Å². The van der Waals surface area contributed by atoms with Gasteiger partial charge in [-0.25, -0.2) is 0 Å². The summed E-state index contributed by atoms with van der Waals surface area (Å²) in [7, 11) is 1.64. The van der Waals surface area contributed by atoms with Crippen molar-refractivity contribution in [3.8, 4) is 5.75 Å². The van der Waals surface area contributed by atoms with Gasteiger partial charge in [0.25, 0.3) is 0 Å². The number of halogens is 2. The first-order valence-corrected chi connectivity index (χ1v) is 6.03. The van der Waals surface area contributed by atoms with Gasteiger partial charge >= 0.3 is 0 Å². The topological polar surface area (TPSA) is 35.2 Å². The molecule has 0 unspecified atom stereocenters. The van der Waals surface area contributed by atoms with E-state index in [0.29, 0.717) is 11.6 Å². The molecule has 1 aliphatic rings. The number of hydrogen-bond donors (Lipinski definition) is 1. The van der Waals surface area contributed by atoms with Gasteiger partial charge in [-0.05, 0) is 25.0 Å². The van der Waals surface area contributed by atoms with Crippen LogP contribution in [0.3, 0.4) is 0 Å². The van der Waals surface area contributed by atoms with Crippen LogP contribution in [-0.4, -0.2) is 13.7 Å². The molecule has 2 nitrogen and oxygen atoms in total. The molecule has 2 N–H and O–H groups in total. The van der Waals surface area contributed by atoms with Gasteiger partial charge in [-0.15, -0.1) is 0 Å². The van der Waals surface area contributed by atoms with E-state index in [2.05, 4.69) is 22.0 Å². The molecule has 0 atom stereocenters. The number of rotatable bonds is 3. The maximum Gasteiger partial charge on any atom is 0.141 e. The van der Waals surface area contributed by atoms with Crippen LogP contribution in [0.1, 0.15) is 18.4 Å². The Morgan fingerprint density at radius 2 is 2.20 bits per heavy atom. The highest BCUT2D eigenvalue weighted by molar-refractivity contribution is 9.10. The Morgan fingerprint density at radius 3 is 2.67 bits per heavy atom. The SMILES string of the molecule is COc1c(Cl)cc(Br)cc1C1(CN)CC1. The Labute approximate surface area is 103 Å². The fourth-order valence-electron chi connectivity index (χ4n) is 1.90. The van der Waals surface area contributed by atoms with Crippen LogP contribution in [0.15, 0.2) is 16.6 Å². The fourth-order valence-corrected chi connectivity index (χ4v) is 2.78. The van der Waals surface area contributed by atoms with Gasteiger partial charge in [-0.1, -0.05) is 27.5 Å². The maximum absolute atomic E-state index is 6.13. The molecule has 0 aromatic heterocycles. The Hall–Kier alpha value is -0.250. The van der Waals surface area contributed by atoms with Crippen molar-refractivity contribution in [2.24, 2.45) is 5.73 Å². The third kappa shape index (κ3) is 1.88. The summed E-state index contributed by atoms with van der Waals surface area (Å²) in [4.78, 5) is 0. The second kappa shape index (κ2) is 3.96. The molecule has 0 heterocycles. The van der Waals surface area contributed by atoms with Crippen molar-refractivity contribution in [2.75, 3.05) is 13.7 Å². The van der Waals surface area contributed by atoms with Gasteiger partial charge in [0.2, 0.25) is 0 Å². The first-order valence-electron chi connectivity index (χ1n) is 4.86. The molecule has 15 heavy (non-hydrogen) atoms. The molecule has 4 heteroatoms. The summed E-state index contributed by atoms with van der Waals surface area (Å²) < 4.78 is 6.33. The van der Waals surface area contributed by atoms with E-state index in [1.54, 1.807) is 7.11 Å². The predicted octanol–water partition coefficient (Wildman–Crippen LogP) is 3.10. The lowest BCUT2D eigenvalue weighted by Gasteiger charge is -2.18. The van der Waals surface area contributed by atoms with Gasteiger partial charge in [-0.3, -0.25) is 0 Å². The number of nitrogens with two attached hydrogens (primary N) is 1. The van der Waals surface area contributed by atoms with Gasteiger partial charge in [0.05, 0.1) is 12.1 Å². The summed E-state index contributed by atoms with van der Waals surface area (Å²) >= 11 is 9.57. The number of methoxy groups -OCH3 is 1. The maximum atomic E-state index is 6.13. The summed E-state index contributed by atoms with van der Waals surface area (Å²) in [5, 5.41) is 0.640. The third-order valence-corrected chi connectivity index (χ3v) is 3.77. The predicted molar refractivity (Wildman–Crippen MR) is 65.7 cm³/mol. The van der Waals surface area contributed by atoms with E-state index in [4.69, 9.17) is 22.1 Å². The van der Waals surface area contributed by atoms with Crippen molar-refractivity contribution >= 4 is 27.5 Å². The highest BCUT2D eigenvalue weighted by Gasteiger charge is 2.45. The van der Waals surface area contributed by atoms with Crippen molar-refractivity contribution in [3.63, 3.8) is 0 Å². The monoisotopic (exact) mass is 289 g/mol. The van der Waals surface area contributed by atoms with Crippen molar-refractivity contribution < 1.29 is 4.74 Å². The highest BCUT2D eigenvalue weighted by Crippen LogP contribution is 2.52. The molecule has 1 aliphatic carbocycles. The molecule has 1 saturated carbocycles. The molecular weight excluding hydrogens is 277 g/mol. The minimum Gasteiger partial charge on any atom is -0.495 e. The lowest BCUT2D eigenvalue weighted by Crippen LogP contribution is -2.20. The molecule has 0 aliphatic heterocycles. The quantitative estimate of drug-likeness (QED) is 0.928. The van der Waals surface area contributed by atoms with Crippen molar-refractivity contribution in [1.29, 1.82) is 0 Å². The molecule has 1 aromatic rings. The molecule has 1 fully saturated rings. The Balaban J connectivity index is 2.54. The van der Waals surface area contributed by atoms with E-state index >= 15 is 0 Å². The van der Waals surface area contributed by atoms with E-state index in [1.165, 1.54) is 0 Å². The minimum atomic E-state index is 0.0960. The molecule has 0 spiro atoms. The standard InChI is InChI=1S/C11H13BrClNO/c1-15-10-8(11(6-14)2-3-11)4-7(12)5-9(10)13/h4-5H,2-3,6,14H2,1H3. The normalized spacial score (nSPS) is 17.6. The zero-order valence-electron chi connectivity index (χ0n) is 8.52. The van der Waals surface area contributed by atoms with Gasteiger partial charge in [0.1, 0.15) is 5.75 Å². The highest BCUT2D eigenvalue weighted by atomic mass is 79.9. The molecule has 82 valence electrons. The molecule has 0 saturated heterocycles. The summed E-state index contributed by atoms with van der Waals surface area (Å²) in [6.45, 7) is 0.649. The van der Waals surface area contributed by atoms with E-state index in [1.807, 2.05) is 6.07 Å². The Kier molecular flexibility index (Phi) is 2.97. The lowest BCUT2D eigenvalue weighted by atomic mass is 9.95. The Bertz CT molecular complexity index is 390. The van der Waals surface area contributed by atoms with Gasteiger partial charge < -0.3 is 10.5 Å². The number of ether oxygens (including phenoxy) is 1. The molecule has 0 radical (unpaired) electrons. The van der Waals surface area contributed by atoms with Crippen molar-refractivity contribution in [2.45, 2.75) is 18.3 Å². The molecule has 2 rings (SSSR count). The van der Waals surface area contributed by atoms with Crippen molar-refractivity contribution in [3.05, 3.63) is 27.2 Å². The first-order chi connectivity index (χ1) is 7.13. The van der Waals surface area contributed by atoms with Crippen LogP contribution in [0, 0.1) is 0 Å². The molecule has 1 aromatic carbocycles. The second-order valence-electron chi connectivity index (χ2n) is 3.95. The van der Waals surface area contributed by atoms with Crippen LogP contribution in [0.5, 0.6) is 5.75 Å². The summed E-state index contributed by atoms with van der Waals surface area (Å²) in [6.07, 6.45) is 2.24. The average molecular weight is 291 g/mol. The minimum absolute atomic E-state index is 0.0960. The van der Waals surface area contributed by atoms with Crippen LogP contribution < -0.4 is 10.5 Å². The van der Waals surface area contributed by atoms with E-state index in [-0.39, 0.29) is 5.41 Å². The average Bonchev–Trinajstić information content (AvgIpc) is 2.97. The zero-order valence-corrected chi connectivity index (χ0v) is 10.9. The van der Waals surface area contributed by atoms with Gasteiger partial charge in [-0.2, -0.15) is 0 Å². The number of hydrogen-bond acceptors (Lipinski definition) is 2. The first kappa shape index (κ1) is 11.2. The second-order valence-corrected chi connectivity index (χ2v) is 5.28. The molecular formula is C11H13BrClNO. The summed E-state index contributed by atoms with van der Waals surface area (Å²) in [5.41, 5.74) is 7.04. The third-order valence-electron chi connectivity index (χ3n) is 3.03. The van der Waals surface area contributed by atoms with Gasteiger partial charge in [0, 0.05) is 22.0 Å². The van der Waals surface area contributed by atoms with Crippen molar-refractivity contribution in [1.82, 2.24) is 0 Å². The molecule has 0 bridgehead atoms. The van der Waals surface area contributed by atoms with Crippen LogP contribution >= 0.6 is 27.5 Å². The largest absolute Gasteiger partial charge is 0.495 e. The molecule has 0 amide bonds. The summed E-state index contributed by atoms with van der Waals surface area (Å²) in [5.74, 6) is 0.766. The van der Waals surface area contributed by atoms with E-state index in [0.717, 1.165) is 28.6 Å². The van der Waals surface area contributed by atoms with Crippen LogP contribution in [0.2, 0.25) is 5.02 Å². The number of benzene rings is 1. The Morgan fingerprint density at radius 1 is 1.53 bits per heavy atom. The zero-order chi connectivity index (χ0) is 11.1. The fraction of sp³-hybridized carbons (Fsp3) is 0.455. The van der Waals surface area contributed by atoms with Crippen LogP contribution in [0.25, 0.3) is 0 Å².